The van der Waals surface area contributed by atoms with Crippen LogP contribution in [0.3, 0.4) is 0 Å². The maximum absolute atomic E-state index is 12.6. The number of ether oxygens (including phenoxy) is 1. The molecule has 0 spiro atoms. The van der Waals surface area contributed by atoms with Crippen molar-refractivity contribution in [1.82, 2.24) is 0 Å². The standard InChI is InChI=1S/C22H32O4/c1-15(2)13-18(14-16(3)4)22(21(24)25)12-8-11-19(22)26-20(23)17-9-6-5-7-10-17/h5-7,9-10,15-16,18-19H,8,11-14H2,1-4H3,(H,24,25). The summed E-state index contributed by atoms with van der Waals surface area (Å²) in [7, 11) is 0. The van der Waals surface area contributed by atoms with E-state index in [9.17, 15) is 14.7 Å². The molecule has 0 radical (unpaired) electrons. The second-order valence-corrected chi connectivity index (χ2v) is 8.45. The summed E-state index contributed by atoms with van der Waals surface area (Å²) in [5.74, 6) is -0.415. The van der Waals surface area contributed by atoms with Crippen LogP contribution in [0.25, 0.3) is 0 Å². The summed E-state index contributed by atoms with van der Waals surface area (Å²) >= 11 is 0. The van der Waals surface area contributed by atoms with Gasteiger partial charge in [0, 0.05) is 0 Å². The Hall–Kier alpha value is -1.84. The maximum atomic E-state index is 12.6. The molecule has 0 saturated heterocycles. The molecule has 1 N–H and O–H groups in total. The zero-order chi connectivity index (χ0) is 19.3. The Morgan fingerprint density at radius 1 is 1.12 bits per heavy atom. The highest BCUT2D eigenvalue weighted by Gasteiger charge is 2.56. The number of carboxylic acid groups (broad SMARTS) is 1. The van der Waals surface area contributed by atoms with Crippen molar-refractivity contribution in [2.75, 3.05) is 0 Å². The average Bonchev–Trinajstić information content (AvgIpc) is 2.98. The van der Waals surface area contributed by atoms with E-state index in [2.05, 4.69) is 27.7 Å². The second kappa shape index (κ2) is 8.70. The quantitative estimate of drug-likeness (QED) is 0.649. The van der Waals surface area contributed by atoms with Crippen molar-refractivity contribution >= 4 is 11.9 Å². The lowest BCUT2D eigenvalue weighted by Gasteiger charge is -2.40. The van der Waals surface area contributed by atoms with Gasteiger partial charge in [0.25, 0.3) is 0 Å². The predicted molar refractivity (Wildman–Crippen MR) is 102 cm³/mol. The molecule has 0 heterocycles. The third kappa shape index (κ3) is 4.46. The van der Waals surface area contributed by atoms with Crippen LogP contribution in [0.1, 0.15) is 70.2 Å². The Labute approximate surface area is 156 Å². The van der Waals surface area contributed by atoms with E-state index >= 15 is 0 Å². The van der Waals surface area contributed by atoms with Gasteiger partial charge in [-0.3, -0.25) is 4.79 Å². The summed E-state index contributed by atoms with van der Waals surface area (Å²) in [4.78, 5) is 25.0. The molecule has 1 aromatic rings. The Bertz CT molecular complexity index is 598. The molecular weight excluding hydrogens is 328 g/mol. The van der Waals surface area contributed by atoms with Crippen molar-refractivity contribution in [2.24, 2.45) is 23.2 Å². The van der Waals surface area contributed by atoms with Gasteiger partial charge in [-0.2, -0.15) is 0 Å². The third-order valence-corrected chi connectivity index (χ3v) is 5.53. The van der Waals surface area contributed by atoms with Gasteiger partial charge in [-0.1, -0.05) is 45.9 Å². The summed E-state index contributed by atoms with van der Waals surface area (Å²) < 4.78 is 5.80. The van der Waals surface area contributed by atoms with Crippen molar-refractivity contribution in [1.29, 1.82) is 0 Å². The molecule has 2 rings (SSSR count). The van der Waals surface area contributed by atoms with Crippen LogP contribution in [-0.2, 0) is 9.53 Å². The smallest absolute Gasteiger partial charge is 0.338 e. The highest BCUT2D eigenvalue weighted by Crippen LogP contribution is 2.50. The zero-order valence-electron chi connectivity index (χ0n) is 16.4. The van der Waals surface area contributed by atoms with Gasteiger partial charge in [-0.15, -0.1) is 0 Å². The van der Waals surface area contributed by atoms with Crippen molar-refractivity contribution in [3.05, 3.63) is 35.9 Å². The van der Waals surface area contributed by atoms with E-state index in [-0.39, 0.29) is 5.92 Å². The van der Waals surface area contributed by atoms with Gasteiger partial charge in [0.05, 0.1) is 5.56 Å². The number of rotatable bonds is 8. The number of carboxylic acids is 1. The molecule has 4 nitrogen and oxygen atoms in total. The summed E-state index contributed by atoms with van der Waals surface area (Å²) in [5, 5.41) is 10.2. The first kappa shape index (κ1) is 20.5. The van der Waals surface area contributed by atoms with Crippen LogP contribution >= 0.6 is 0 Å². The second-order valence-electron chi connectivity index (χ2n) is 8.45. The minimum Gasteiger partial charge on any atom is -0.481 e. The molecule has 2 atom stereocenters. The highest BCUT2D eigenvalue weighted by atomic mass is 16.5. The van der Waals surface area contributed by atoms with Crippen LogP contribution < -0.4 is 0 Å². The molecule has 26 heavy (non-hydrogen) atoms. The Morgan fingerprint density at radius 3 is 2.19 bits per heavy atom. The van der Waals surface area contributed by atoms with E-state index in [0.717, 1.165) is 19.3 Å². The molecule has 0 aromatic heterocycles. The number of esters is 1. The van der Waals surface area contributed by atoms with Crippen LogP contribution in [0.4, 0.5) is 0 Å². The number of carbonyl (C=O) groups excluding carboxylic acids is 1. The number of carbonyl (C=O) groups is 2. The Morgan fingerprint density at radius 2 is 1.69 bits per heavy atom. The fourth-order valence-electron chi connectivity index (χ4n) is 4.48. The van der Waals surface area contributed by atoms with Crippen molar-refractivity contribution < 1.29 is 19.4 Å². The predicted octanol–water partition coefficient (Wildman–Crippen LogP) is 5.18. The van der Waals surface area contributed by atoms with Gasteiger partial charge >= 0.3 is 11.9 Å². The van der Waals surface area contributed by atoms with Gasteiger partial charge in [0.15, 0.2) is 0 Å². The van der Waals surface area contributed by atoms with E-state index in [1.807, 2.05) is 6.07 Å². The number of hydrogen-bond acceptors (Lipinski definition) is 3. The van der Waals surface area contributed by atoms with E-state index in [1.54, 1.807) is 24.3 Å². The molecule has 1 aliphatic rings. The highest BCUT2D eigenvalue weighted by molar-refractivity contribution is 5.90. The first-order valence-corrected chi connectivity index (χ1v) is 9.76. The van der Waals surface area contributed by atoms with Crippen LogP contribution in [0.2, 0.25) is 0 Å². The lowest BCUT2D eigenvalue weighted by atomic mass is 9.66. The molecule has 1 fully saturated rings. The summed E-state index contributed by atoms with van der Waals surface area (Å²) in [5.41, 5.74) is -0.498. The Kier molecular flexibility index (Phi) is 6.85. The van der Waals surface area contributed by atoms with Gasteiger partial charge in [0.2, 0.25) is 0 Å². The van der Waals surface area contributed by atoms with Gasteiger partial charge < -0.3 is 9.84 Å². The molecule has 1 aromatic carbocycles. The topological polar surface area (TPSA) is 63.6 Å². The van der Waals surface area contributed by atoms with Crippen LogP contribution in [0.15, 0.2) is 30.3 Å². The minimum atomic E-state index is -0.973. The summed E-state index contributed by atoms with van der Waals surface area (Å²) in [6, 6.07) is 8.83. The van der Waals surface area contributed by atoms with Crippen LogP contribution in [0.5, 0.6) is 0 Å². The lowest BCUT2D eigenvalue weighted by Crippen LogP contribution is -2.47. The number of benzene rings is 1. The fraction of sp³-hybridized carbons (Fsp3) is 0.636. The van der Waals surface area contributed by atoms with Gasteiger partial charge in [0.1, 0.15) is 11.5 Å². The molecule has 0 amide bonds. The molecule has 0 bridgehead atoms. The normalized spacial score (nSPS) is 23.0. The molecular formula is C22H32O4. The first-order chi connectivity index (χ1) is 12.3. The van der Waals surface area contributed by atoms with Crippen molar-refractivity contribution in [3.8, 4) is 0 Å². The van der Waals surface area contributed by atoms with Crippen LogP contribution in [0, 0.1) is 23.2 Å². The molecule has 144 valence electrons. The molecule has 1 aliphatic carbocycles. The van der Waals surface area contributed by atoms with Crippen molar-refractivity contribution in [2.45, 2.75) is 65.9 Å². The molecule has 2 unspecified atom stereocenters. The van der Waals surface area contributed by atoms with Gasteiger partial charge in [-0.25, -0.2) is 4.79 Å². The van der Waals surface area contributed by atoms with E-state index < -0.39 is 23.5 Å². The van der Waals surface area contributed by atoms with E-state index in [1.165, 1.54) is 0 Å². The van der Waals surface area contributed by atoms with Crippen LogP contribution in [-0.4, -0.2) is 23.1 Å². The zero-order valence-corrected chi connectivity index (χ0v) is 16.4. The molecule has 0 aliphatic heterocycles. The molecule has 4 heteroatoms. The third-order valence-electron chi connectivity index (χ3n) is 5.53. The lowest BCUT2D eigenvalue weighted by molar-refractivity contribution is -0.161. The first-order valence-electron chi connectivity index (χ1n) is 9.76. The number of hydrogen-bond donors (Lipinski definition) is 1. The minimum absolute atomic E-state index is 0.0103. The largest absolute Gasteiger partial charge is 0.481 e. The van der Waals surface area contributed by atoms with E-state index in [4.69, 9.17) is 4.74 Å². The fourth-order valence-corrected chi connectivity index (χ4v) is 4.48. The summed E-state index contributed by atoms with van der Waals surface area (Å²) in [6.45, 7) is 8.51. The maximum Gasteiger partial charge on any atom is 0.338 e. The SMILES string of the molecule is CC(C)CC(CC(C)C)C1(C(=O)O)CCCC1OC(=O)c1ccccc1. The van der Waals surface area contributed by atoms with Crippen molar-refractivity contribution in [3.63, 3.8) is 0 Å². The monoisotopic (exact) mass is 360 g/mol. The molecule has 1 saturated carbocycles. The summed E-state index contributed by atoms with van der Waals surface area (Å²) in [6.07, 6.45) is 3.10. The average molecular weight is 360 g/mol. The van der Waals surface area contributed by atoms with E-state index in [0.29, 0.717) is 30.2 Å². The number of aliphatic carboxylic acids is 1. The Balaban J connectivity index is 2.31. The van der Waals surface area contributed by atoms with Gasteiger partial charge in [-0.05, 0) is 62.0 Å².